The SMILES string of the molecule is C=C/C=C\C(=C)C(/C=C\C(=C)N)=C/C. The summed E-state index contributed by atoms with van der Waals surface area (Å²) in [6.45, 7) is 13.0. The molecular formula is C13H17N. The van der Waals surface area contributed by atoms with Gasteiger partial charge in [0.1, 0.15) is 0 Å². The van der Waals surface area contributed by atoms with Crippen molar-refractivity contribution in [1.82, 2.24) is 0 Å². The highest BCUT2D eigenvalue weighted by Crippen LogP contribution is 2.11. The molecule has 0 spiro atoms. The van der Waals surface area contributed by atoms with Gasteiger partial charge in [0.15, 0.2) is 0 Å². The van der Waals surface area contributed by atoms with Gasteiger partial charge in [-0.05, 0) is 24.1 Å². The van der Waals surface area contributed by atoms with Gasteiger partial charge in [-0.3, -0.25) is 0 Å². The number of rotatable bonds is 5. The fraction of sp³-hybridized carbons (Fsp3) is 0.0769. The fourth-order valence-electron chi connectivity index (χ4n) is 0.866. The molecule has 0 aliphatic carbocycles. The summed E-state index contributed by atoms with van der Waals surface area (Å²) in [7, 11) is 0. The maximum atomic E-state index is 5.42. The number of allylic oxidation sites excluding steroid dienone is 8. The van der Waals surface area contributed by atoms with Crippen molar-refractivity contribution in [3.05, 3.63) is 73.0 Å². The highest BCUT2D eigenvalue weighted by Gasteiger charge is 1.92. The van der Waals surface area contributed by atoms with Crippen LogP contribution in [0.15, 0.2) is 73.0 Å². The van der Waals surface area contributed by atoms with Crippen molar-refractivity contribution in [2.45, 2.75) is 6.92 Å². The Bertz CT molecular complexity index is 314. The predicted molar refractivity (Wildman–Crippen MR) is 64.7 cm³/mol. The molecule has 0 atom stereocenters. The fourth-order valence-corrected chi connectivity index (χ4v) is 0.866. The molecule has 0 aliphatic heterocycles. The first-order valence-corrected chi connectivity index (χ1v) is 4.39. The van der Waals surface area contributed by atoms with E-state index in [4.69, 9.17) is 5.73 Å². The maximum absolute atomic E-state index is 5.42. The minimum absolute atomic E-state index is 0.532. The van der Waals surface area contributed by atoms with Gasteiger partial charge in [-0.1, -0.05) is 50.1 Å². The van der Waals surface area contributed by atoms with Crippen LogP contribution in [0.1, 0.15) is 6.92 Å². The molecular weight excluding hydrogens is 170 g/mol. The van der Waals surface area contributed by atoms with E-state index in [0.29, 0.717) is 5.70 Å². The zero-order valence-electron chi connectivity index (χ0n) is 8.66. The van der Waals surface area contributed by atoms with Gasteiger partial charge < -0.3 is 5.73 Å². The molecule has 0 aromatic carbocycles. The first kappa shape index (κ1) is 12.2. The Morgan fingerprint density at radius 1 is 1.14 bits per heavy atom. The van der Waals surface area contributed by atoms with E-state index in [1.54, 1.807) is 12.2 Å². The molecule has 0 aliphatic rings. The first-order valence-electron chi connectivity index (χ1n) is 4.39. The van der Waals surface area contributed by atoms with Crippen molar-refractivity contribution in [1.29, 1.82) is 0 Å². The van der Waals surface area contributed by atoms with Gasteiger partial charge in [-0.25, -0.2) is 0 Å². The largest absolute Gasteiger partial charge is 0.399 e. The van der Waals surface area contributed by atoms with Gasteiger partial charge >= 0.3 is 0 Å². The minimum atomic E-state index is 0.532. The van der Waals surface area contributed by atoms with Crippen molar-refractivity contribution >= 4 is 0 Å². The molecule has 0 saturated heterocycles. The number of hydrogen-bond donors (Lipinski definition) is 1. The molecule has 0 aromatic heterocycles. The van der Waals surface area contributed by atoms with Crippen molar-refractivity contribution in [3.8, 4) is 0 Å². The van der Waals surface area contributed by atoms with Crippen LogP contribution in [0.4, 0.5) is 0 Å². The molecule has 0 amide bonds. The van der Waals surface area contributed by atoms with Crippen LogP contribution in [-0.2, 0) is 0 Å². The van der Waals surface area contributed by atoms with Gasteiger partial charge in [-0.15, -0.1) is 0 Å². The zero-order valence-corrected chi connectivity index (χ0v) is 8.66. The third-order valence-corrected chi connectivity index (χ3v) is 1.59. The molecule has 2 N–H and O–H groups in total. The summed E-state index contributed by atoms with van der Waals surface area (Å²) in [4.78, 5) is 0. The van der Waals surface area contributed by atoms with Crippen LogP contribution in [0.3, 0.4) is 0 Å². The Kier molecular flexibility index (Phi) is 5.88. The summed E-state index contributed by atoms with van der Waals surface area (Å²) in [6, 6.07) is 0. The quantitative estimate of drug-likeness (QED) is 0.657. The van der Waals surface area contributed by atoms with Crippen molar-refractivity contribution in [2.75, 3.05) is 0 Å². The topological polar surface area (TPSA) is 26.0 Å². The predicted octanol–water partition coefficient (Wildman–Crippen LogP) is 3.26. The van der Waals surface area contributed by atoms with Crippen LogP contribution in [0, 0.1) is 0 Å². The molecule has 0 heterocycles. The lowest BCUT2D eigenvalue weighted by atomic mass is 10.1. The van der Waals surface area contributed by atoms with Crippen molar-refractivity contribution in [3.63, 3.8) is 0 Å². The van der Waals surface area contributed by atoms with Crippen LogP contribution >= 0.6 is 0 Å². The second-order valence-corrected chi connectivity index (χ2v) is 2.77. The average Bonchev–Trinajstić information content (AvgIpc) is 2.15. The normalized spacial score (nSPS) is 12.2. The molecule has 0 aromatic rings. The van der Waals surface area contributed by atoms with E-state index in [9.17, 15) is 0 Å². The molecule has 1 heteroatoms. The summed E-state index contributed by atoms with van der Waals surface area (Å²) < 4.78 is 0. The van der Waals surface area contributed by atoms with Gasteiger partial charge in [0.25, 0.3) is 0 Å². The Balaban J connectivity index is 4.59. The van der Waals surface area contributed by atoms with Gasteiger partial charge in [0.05, 0.1) is 0 Å². The van der Waals surface area contributed by atoms with E-state index in [1.165, 1.54) is 0 Å². The van der Waals surface area contributed by atoms with Crippen LogP contribution < -0.4 is 5.73 Å². The number of nitrogens with two attached hydrogens (primary N) is 1. The lowest BCUT2D eigenvalue weighted by Gasteiger charge is -1.99. The standard InChI is InChI=1S/C13H17N/c1-5-7-8-11(3)13(6-2)10-9-12(4)14/h5-10H,1,3-4,14H2,2H3/b8-7-,10-9-,13-6+. The van der Waals surface area contributed by atoms with E-state index in [1.807, 2.05) is 31.2 Å². The van der Waals surface area contributed by atoms with Gasteiger partial charge in [0, 0.05) is 5.70 Å². The molecule has 74 valence electrons. The monoisotopic (exact) mass is 187 g/mol. The molecule has 14 heavy (non-hydrogen) atoms. The summed E-state index contributed by atoms with van der Waals surface area (Å²) in [5, 5.41) is 0. The lowest BCUT2D eigenvalue weighted by Crippen LogP contribution is -1.89. The van der Waals surface area contributed by atoms with Crippen LogP contribution in [0.2, 0.25) is 0 Å². The van der Waals surface area contributed by atoms with Crippen LogP contribution in [-0.4, -0.2) is 0 Å². The first-order chi connectivity index (χ1) is 6.61. The summed E-state index contributed by atoms with van der Waals surface area (Å²) in [6.07, 6.45) is 11.1. The van der Waals surface area contributed by atoms with Crippen LogP contribution in [0.5, 0.6) is 0 Å². The second-order valence-electron chi connectivity index (χ2n) is 2.77. The summed E-state index contributed by atoms with van der Waals surface area (Å²) >= 11 is 0. The number of hydrogen-bond acceptors (Lipinski definition) is 1. The summed E-state index contributed by atoms with van der Waals surface area (Å²) in [5.41, 5.74) is 7.90. The van der Waals surface area contributed by atoms with Crippen LogP contribution in [0.25, 0.3) is 0 Å². The third-order valence-electron chi connectivity index (χ3n) is 1.59. The molecule has 0 radical (unpaired) electrons. The Morgan fingerprint density at radius 3 is 2.21 bits per heavy atom. The highest BCUT2D eigenvalue weighted by atomic mass is 14.5. The molecule has 0 fully saturated rings. The van der Waals surface area contributed by atoms with E-state index < -0.39 is 0 Å². The van der Waals surface area contributed by atoms with Crippen molar-refractivity contribution in [2.24, 2.45) is 5.73 Å². The molecule has 0 bridgehead atoms. The lowest BCUT2D eigenvalue weighted by molar-refractivity contribution is 1.43. The Morgan fingerprint density at radius 2 is 1.79 bits per heavy atom. The highest BCUT2D eigenvalue weighted by molar-refractivity contribution is 5.45. The second kappa shape index (κ2) is 6.72. The maximum Gasteiger partial charge on any atom is 0.0241 e. The van der Waals surface area contributed by atoms with E-state index >= 15 is 0 Å². The van der Waals surface area contributed by atoms with Gasteiger partial charge in [-0.2, -0.15) is 0 Å². The Hall–Kier alpha value is -1.76. The summed E-state index contributed by atoms with van der Waals surface area (Å²) in [5.74, 6) is 0. The molecule has 0 unspecified atom stereocenters. The molecule has 0 saturated carbocycles. The third kappa shape index (κ3) is 4.99. The zero-order chi connectivity index (χ0) is 11.0. The molecule has 1 nitrogen and oxygen atoms in total. The van der Waals surface area contributed by atoms with E-state index in [2.05, 4.69) is 19.7 Å². The van der Waals surface area contributed by atoms with Crippen molar-refractivity contribution < 1.29 is 0 Å². The van der Waals surface area contributed by atoms with Gasteiger partial charge in [0.2, 0.25) is 0 Å². The van der Waals surface area contributed by atoms with E-state index in [-0.39, 0.29) is 0 Å². The Labute approximate surface area is 86.3 Å². The average molecular weight is 187 g/mol. The molecule has 0 rings (SSSR count). The smallest absolute Gasteiger partial charge is 0.0241 e. The van der Waals surface area contributed by atoms with E-state index in [0.717, 1.165) is 11.1 Å². The minimum Gasteiger partial charge on any atom is -0.399 e.